The number of ether oxygens (including phenoxy) is 1. The number of benzene rings is 1. The van der Waals surface area contributed by atoms with Gasteiger partial charge in [-0.05, 0) is 24.6 Å². The van der Waals surface area contributed by atoms with Gasteiger partial charge in [0.2, 0.25) is 0 Å². The van der Waals surface area contributed by atoms with Crippen molar-refractivity contribution in [2.24, 2.45) is 0 Å². The number of hydrogen-bond donors (Lipinski definition) is 1. The van der Waals surface area contributed by atoms with Crippen LogP contribution in [0.2, 0.25) is 0 Å². The zero-order chi connectivity index (χ0) is 13.0. The number of methoxy groups -OCH3 is 1. The molecule has 1 atom stereocenters. The minimum absolute atomic E-state index is 0.279. The van der Waals surface area contributed by atoms with E-state index < -0.39 is 0 Å². The van der Waals surface area contributed by atoms with Crippen LogP contribution in [0.4, 0.5) is 5.69 Å². The minimum Gasteiger partial charge on any atom is -0.465 e. The van der Waals surface area contributed by atoms with Gasteiger partial charge >= 0.3 is 5.97 Å². The maximum Gasteiger partial charge on any atom is 0.337 e. The molecule has 1 fully saturated rings. The molecule has 4 heteroatoms. The Labute approximate surface area is 108 Å². The molecule has 1 N–H and O–H groups in total. The molecule has 98 valence electrons. The lowest BCUT2D eigenvalue weighted by Gasteiger charge is -2.35. The maximum atomic E-state index is 11.5. The van der Waals surface area contributed by atoms with Crippen LogP contribution < -0.4 is 10.2 Å². The smallest absolute Gasteiger partial charge is 0.337 e. The molecule has 0 bridgehead atoms. The van der Waals surface area contributed by atoms with Gasteiger partial charge in [0.25, 0.3) is 0 Å². The van der Waals surface area contributed by atoms with Crippen LogP contribution >= 0.6 is 0 Å². The molecular formula is C14H20N2O2. The third-order valence-electron chi connectivity index (χ3n) is 3.38. The van der Waals surface area contributed by atoms with E-state index in [1.165, 1.54) is 7.11 Å². The van der Waals surface area contributed by atoms with E-state index >= 15 is 0 Å². The number of hydrogen-bond acceptors (Lipinski definition) is 4. The molecule has 0 radical (unpaired) electrons. The van der Waals surface area contributed by atoms with E-state index in [1.807, 2.05) is 18.2 Å². The average Bonchev–Trinajstić information content (AvgIpc) is 2.46. The van der Waals surface area contributed by atoms with E-state index in [9.17, 15) is 4.79 Å². The van der Waals surface area contributed by atoms with Crippen molar-refractivity contribution in [3.8, 4) is 0 Å². The molecule has 18 heavy (non-hydrogen) atoms. The van der Waals surface area contributed by atoms with Gasteiger partial charge in [-0.2, -0.15) is 0 Å². The summed E-state index contributed by atoms with van der Waals surface area (Å²) >= 11 is 0. The monoisotopic (exact) mass is 248 g/mol. The van der Waals surface area contributed by atoms with Crippen LogP contribution in [0.1, 0.15) is 23.7 Å². The van der Waals surface area contributed by atoms with Crippen LogP contribution in [0.25, 0.3) is 0 Å². The van der Waals surface area contributed by atoms with Crippen molar-refractivity contribution in [1.29, 1.82) is 0 Å². The van der Waals surface area contributed by atoms with Crippen LogP contribution in [-0.2, 0) is 4.74 Å². The zero-order valence-corrected chi connectivity index (χ0v) is 11.0. The van der Waals surface area contributed by atoms with Gasteiger partial charge in [0.1, 0.15) is 0 Å². The number of carbonyl (C=O) groups is 1. The number of esters is 1. The molecule has 0 unspecified atom stereocenters. The summed E-state index contributed by atoms with van der Waals surface area (Å²) in [6, 6.07) is 8.17. The topological polar surface area (TPSA) is 41.6 Å². The highest BCUT2D eigenvalue weighted by atomic mass is 16.5. The van der Waals surface area contributed by atoms with Gasteiger partial charge in [-0.25, -0.2) is 4.79 Å². The fourth-order valence-corrected chi connectivity index (χ4v) is 2.28. The van der Waals surface area contributed by atoms with Crippen LogP contribution in [0.15, 0.2) is 24.3 Å². The Morgan fingerprint density at radius 1 is 1.56 bits per heavy atom. The highest BCUT2D eigenvalue weighted by Gasteiger charge is 2.18. The first-order valence-corrected chi connectivity index (χ1v) is 6.41. The van der Waals surface area contributed by atoms with E-state index in [0.717, 1.165) is 31.7 Å². The molecule has 2 rings (SSSR count). The van der Waals surface area contributed by atoms with Crippen molar-refractivity contribution in [1.82, 2.24) is 5.32 Å². The Morgan fingerprint density at radius 3 is 3.11 bits per heavy atom. The number of nitrogens with one attached hydrogen (secondary N) is 1. The van der Waals surface area contributed by atoms with Gasteiger partial charge in [-0.3, -0.25) is 0 Å². The quantitative estimate of drug-likeness (QED) is 0.826. The van der Waals surface area contributed by atoms with Crippen molar-refractivity contribution < 1.29 is 9.53 Å². The van der Waals surface area contributed by atoms with E-state index in [1.54, 1.807) is 6.07 Å². The molecule has 1 aromatic carbocycles. The molecule has 0 amide bonds. The molecule has 1 aliphatic heterocycles. The van der Waals surface area contributed by atoms with Crippen LogP contribution in [0, 0.1) is 0 Å². The summed E-state index contributed by atoms with van der Waals surface area (Å²) in [5.74, 6) is -0.279. The number of nitrogens with zero attached hydrogens (tertiary/aromatic N) is 1. The van der Waals surface area contributed by atoms with Crippen molar-refractivity contribution in [2.75, 3.05) is 31.6 Å². The van der Waals surface area contributed by atoms with Crippen molar-refractivity contribution in [3.05, 3.63) is 29.8 Å². The SMILES string of the molecule is CC[C@@H]1CN(c2cccc(C(=O)OC)c2)CCN1. The standard InChI is InChI=1S/C14H20N2O2/c1-3-12-10-16(8-7-15-12)13-6-4-5-11(9-13)14(17)18-2/h4-6,9,12,15H,3,7-8,10H2,1-2H3/t12-/m1/s1. The normalized spacial score (nSPS) is 19.7. The zero-order valence-electron chi connectivity index (χ0n) is 11.0. The van der Waals surface area contributed by atoms with Crippen molar-refractivity contribution >= 4 is 11.7 Å². The molecule has 1 heterocycles. The predicted octanol–water partition coefficient (Wildman–Crippen LogP) is 1.66. The summed E-state index contributed by atoms with van der Waals surface area (Å²) in [6.45, 7) is 5.13. The Balaban J connectivity index is 2.15. The Bertz CT molecular complexity index is 420. The van der Waals surface area contributed by atoms with E-state index in [0.29, 0.717) is 11.6 Å². The van der Waals surface area contributed by atoms with Crippen molar-refractivity contribution in [2.45, 2.75) is 19.4 Å². The van der Waals surface area contributed by atoms with Gasteiger partial charge in [-0.1, -0.05) is 13.0 Å². The second-order valence-corrected chi connectivity index (χ2v) is 4.55. The number of anilines is 1. The number of carbonyl (C=O) groups excluding carboxylic acids is 1. The molecule has 0 aliphatic carbocycles. The molecule has 1 aliphatic rings. The molecule has 0 aromatic heterocycles. The average molecular weight is 248 g/mol. The molecule has 1 aromatic rings. The first kappa shape index (κ1) is 12.9. The summed E-state index contributed by atoms with van der Waals surface area (Å²) in [5, 5.41) is 3.48. The Morgan fingerprint density at radius 2 is 2.39 bits per heavy atom. The highest BCUT2D eigenvalue weighted by molar-refractivity contribution is 5.90. The lowest BCUT2D eigenvalue weighted by atomic mass is 10.1. The first-order chi connectivity index (χ1) is 8.74. The Kier molecular flexibility index (Phi) is 4.20. The van der Waals surface area contributed by atoms with E-state index in [2.05, 4.69) is 17.1 Å². The van der Waals surface area contributed by atoms with Gasteiger partial charge < -0.3 is 15.0 Å². The molecule has 1 saturated heterocycles. The van der Waals surface area contributed by atoms with Crippen molar-refractivity contribution in [3.63, 3.8) is 0 Å². The van der Waals surface area contributed by atoms with E-state index in [-0.39, 0.29) is 5.97 Å². The number of piperazine rings is 1. The molecule has 0 spiro atoms. The second kappa shape index (κ2) is 5.87. The summed E-state index contributed by atoms with van der Waals surface area (Å²) in [4.78, 5) is 13.8. The molecular weight excluding hydrogens is 228 g/mol. The van der Waals surface area contributed by atoms with E-state index in [4.69, 9.17) is 4.74 Å². The Hall–Kier alpha value is -1.55. The predicted molar refractivity (Wildman–Crippen MR) is 72.1 cm³/mol. The van der Waals surface area contributed by atoms with Crippen LogP contribution in [0.3, 0.4) is 0 Å². The third-order valence-corrected chi connectivity index (χ3v) is 3.38. The number of rotatable bonds is 3. The fourth-order valence-electron chi connectivity index (χ4n) is 2.28. The largest absolute Gasteiger partial charge is 0.465 e. The summed E-state index contributed by atoms with van der Waals surface area (Å²) in [5.41, 5.74) is 1.71. The van der Waals surface area contributed by atoms with Crippen LogP contribution in [0.5, 0.6) is 0 Å². The molecule has 0 saturated carbocycles. The lowest BCUT2D eigenvalue weighted by molar-refractivity contribution is 0.0601. The first-order valence-electron chi connectivity index (χ1n) is 6.41. The third kappa shape index (κ3) is 2.82. The van der Waals surface area contributed by atoms with Gasteiger partial charge in [-0.15, -0.1) is 0 Å². The summed E-state index contributed by atoms with van der Waals surface area (Å²) in [6.07, 6.45) is 1.12. The summed E-state index contributed by atoms with van der Waals surface area (Å²) < 4.78 is 4.75. The second-order valence-electron chi connectivity index (χ2n) is 4.55. The van der Waals surface area contributed by atoms with Gasteiger partial charge in [0.05, 0.1) is 12.7 Å². The minimum atomic E-state index is -0.279. The maximum absolute atomic E-state index is 11.5. The fraction of sp³-hybridized carbons (Fsp3) is 0.500. The lowest BCUT2D eigenvalue weighted by Crippen LogP contribution is -2.50. The van der Waals surface area contributed by atoms with Gasteiger partial charge in [0.15, 0.2) is 0 Å². The van der Waals surface area contributed by atoms with Crippen LogP contribution in [-0.4, -0.2) is 38.8 Å². The highest BCUT2D eigenvalue weighted by Crippen LogP contribution is 2.18. The molecule has 4 nitrogen and oxygen atoms in total. The van der Waals surface area contributed by atoms with Gasteiger partial charge in [0, 0.05) is 31.4 Å². The summed E-state index contributed by atoms with van der Waals surface area (Å²) in [7, 11) is 1.41.